The van der Waals surface area contributed by atoms with Crippen LogP contribution >= 0.6 is 0 Å². The molecule has 0 aromatic heterocycles. The molecule has 0 saturated heterocycles. The summed E-state index contributed by atoms with van der Waals surface area (Å²) in [5.41, 5.74) is 2.84. The molecule has 1 aliphatic heterocycles. The monoisotopic (exact) mass is 245 g/mol. The first-order valence-corrected chi connectivity index (χ1v) is 6.42. The molecule has 1 heterocycles. The van der Waals surface area contributed by atoms with Crippen molar-refractivity contribution in [2.75, 3.05) is 19.7 Å². The van der Waals surface area contributed by atoms with E-state index in [1.807, 2.05) is 13.0 Å². The topological polar surface area (TPSA) is 29.5 Å². The molecule has 0 atom stereocenters. The van der Waals surface area contributed by atoms with Crippen LogP contribution < -0.4 is 0 Å². The van der Waals surface area contributed by atoms with Crippen LogP contribution in [0.1, 0.15) is 18.1 Å². The molecule has 0 N–H and O–H groups in total. The maximum absolute atomic E-state index is 11.2. The SMILES string of the molecule is CCOC(=O)/C=C/CN1CCc2ccccc2C1. The quantitative estimate of drug-likeness (QED) is 0.601. The number of benzene rings is 1. The number of fused-ring (bicyclic) bond motifs is 1. The summed E-state index contributed by atoms with van der Waals surface area (Å²) in [6.07, 6.45) is 4.49. The average Bonchev–Trinajstić information content (AvgIpc) is 2.39. The molecule has 0 aliphatic carbocycles. The molecule has 1 aromatic rings. The third-order valence-corrected chi connectivity index (χ3v) is 3.11. The molecule has 0 radical (unpaired) electrons. The first kappa shape index (κ1) is 12.8. The normalized spacial score (nSPS) is 15.6. The molecule has 96 valence electrons. The lowest BCUT2D eigenvalue weighted by Crippen LogP contribution is -2.30. The molecule has 2 rings (SSSR count). The van der Waals surface area contributed by atoms with Gasteiger partial charge in [0.1, 0.15) is 0 Å². The molecule has 1 aromatic carbocycles. The van der Waals surface area contributed by atoms with Gasteiger partial charge in [0.15, 0.2) is 0 Å². The van der Waals surface area contributed by atoms with Crippen LogP contribution in [0.25, 0.3) is 0 Å². The maximum Gasteiger partial charge on any atom is 0.330 e. The lowest BCUT2D eigenvalue weighted by atomic mass is 10.00. The third kappa shape index (κ3) is 3.44. The van der Waals surface area contributed by atoms with Crippen LogP contribution in [0.5, 0.6) is 0 Å². The summed E-state index contributed by atoms with van der Waals surface area (Å²) < 4.78 is 4.84. The second-order valence-electron chi connectivity index (χ2n) is 4.41. The molecule has 3 nitrogen and oxygen atoms in total. The summed E-state index contributed by atoms with van der Waals surface area (Å²) in [7, 11) is 0. The van der Waals surface area contributed by atoms with Gasteiger partial charge in [-0.25, -0.2) is 4.79 Å². The Morgan fingerprint density at radius 1 is 1.39 bits per heavy atom. The first-order chi connectivity index (χ1) is 8.79. The van der Waals surface area contributed by atoms with E-state index in [1.54, 1.807) is 0 Å². The van der Waals surface area contributed by atoms with E-state index >= 15 is 0 Å². The maximum atomic E-state index is 11.2. The van der Waals surface area contributed by atoms with Gasteiger partial charge in [-0.3, -0.25) is 4.90 Å². The summed E-state index contributed by atoms with van der Waals surface area (Å²) >= 11 is 0. The number of esters is 1. The summed E-state index contributed by atoms with van der Waals surface area (Å²) in [6.45, 7) is 5.05. The van der Waals surface area contributed by atoms with E-state index < -0.39 is 0 Å². The zero-order chi connectivity index (χ0) is 12.8. The van der Waals surface area contributed by atoms with Crippen LogP contribution in [-0.4, -0.2) is 30.6 Å². The Hall–Kier alpha value is -1.61. The van der Waals surface area contributed by atoms with Gasteiger partial charge in [-0.2, -0.15) is 0 Å². The fourth-order valence-electron chi connectivity index (χ4n) is 2.20. The van der Waals surface area contributed by atoms with Gasteiger partial charge in [-0.1, -0.05) is 30.3 Å². The van der Waals surface area contributed by atoms with Crippen LogP contribution in [0.2, 0.25) is 0 Å². The molecule has 0 fully saturated rings. The standard InChI is InChI=1S/C15H19NO2/c1-2-18-15(17)8-5-10-16-11-9-13-6-3-4-7-14(13)12-16/h3-8H,2,9-12H2,1H3/b8-5+. The third-order valence-electron chi connectivity index (χ3n) is 3.11. The molecular formula is C15H19NO2. The zero-order valence-electron chi connectivity index (χ0n) is 10.8. The highest BCUT2D eigenvalue weighted by molar-refractivity contribution is 5.81. The van der Waals surface area contributed by atoms with Gasteiger partial charge in [-0.05, 0) is 24.5 Å². The highest BCUT2D eigenvalue weighted by atomic mass is 16.5. The van der Waals surface area contributed by atoms with Gasteiger partial charge in [0.05, 0.1) is 6.61 Å². The van der Waals surface area contributed by atoms with E-state index in [-0.39, 0.29) is 5.97 Å². The second kappa shape index (κ2) is 6.36. The lowest BCUT2D eigenvalue weighted by Gasteiger charge is -2.27. The number of rotatable bonds is 4. The van der Waals surface area contributed by atoms with Crippen LogP contribution in [0.3, 0.4) is 0 Å². The van der Waals surface area contributed by atoms with E-state index in [4.69, 9.17) is 4.74 Å². The van der Waals surface area contributed by atoms with Crippen molar-refractivity contribution in [1.82, 2.24) is 4.90 Å². The Kier molecular flexibility index (Phi) is 4.53. The summed E-state index contributed by atoms with van der Waals surface area (Å²) in [5.74, 6) is -0.255. The van der Waals surface area contributed by atoms with Crippen molar-refractivity contribution >= 4 is 5.97 Å². The van der Waals surface area contributed by atoms with Crippen molar-refractivity contribution < 1.29 is 9.53 Å². The van der Waals surface area contributed by atoms with Gasteiger partial charge >= 0.3 is 5.97 Å². The molecule has 3 heteroatoms. The molecule has 0 bridgehead atoms. The highest BCUT2D eigenvalue weighted by Crippen LogP contribution is 2.17. The number of carbonyl (C=O) groups excluding carboxylic acids is 1. The Balaban J connectivity index is 1.85. The van der Waals surface area contributed by atoms with Crippen molar-refractivity contribution in [3.8, 4) is 0 Å². The smallest absolute Gasteiger partial charge is 0.330 e. The molecule has 0 saturated carbocycles. The minimum absolute atomic E-state index is 0.255. The van der Waals surface area contributed by atoms with Crippen LogP contribution in [0.4, 0.5) is 0 Å². The fourth-order valence-corrected chi connectivity index (χ4v) is 2.20. The van der Waals surface area contributed by atoms with Crippen molar-refractivity contribution in [3.63, 3.8) is 0 Å². The van der Waals surface area contributed by atoms with Crippen LogP contribution in [0, 0.1) is 0 Å². The van der Waals surface area contributed by atoms with E-state index in [2.05, 4.69) is 29.2 Å². The second-order valence-corrected chi connectivity index (χ2v) is 4.41. The molecular weight excluding hydrogens is 226 g/mol. The Morgan fingerprint density at radius 2 is 2.17 bits per heavy atom. The Labute approximate surface area is 108 Å². The van der Waals surface area contributed by atoms with Crippen molar-refractivity contribution in [1.29, 1.82) is 0 Å². The van der Waals surface area contributed by atoms with Gasteiger partial charge in [0, 0.05) is 25.7 Å². The van der Waals surface area contributed by atoms with Gasteiger partial charge in [-0.15, -0.1) is 0 Å². The summed E-state index contributed by atoms with van der Waals surface area (Å²) in [5, 5.41) is 0. The molecule has 0 spiro atoms. The molecule has 18 heavy (non-hydrogen) atoms. The van der Waals surface area contributed by atoms with E-state index in [1.165, 1.54) is 17.2 Å². The van der Waals surface area contributed by atoms with Crippen LogP contribution in [-0.2, 0) is 22.5 Å². The van der Waals surface area contributed by atoms with Gasteiger partial charge in [0.2, 0.25) is 0 Å². The number of nitrogens with zero attached hydrogens (tertiary/aromatic N) is 1. The van der Waals surface area contributed by atoms with E-state index in [0.29, 0.717) is 6.61 Å². The number of carbonyl (C=O) groups is 1. The largest absolute Gasteiger partial charge is 0.463 e. The molecule has 0 amide bonds. The van der Waals surface area contributed by atoms with Crippen molar-refractivity contribution in [2.24, 2.45) is 0 Å². The number of hydrogen-bond acceptors (Lipinski definition) is 3. The average molecular weight is 245 g/mol. The molecule has 1 aliphatic rings. The van der Waals surface area contributed by atoms with Crippen molar-refractivity contribution in [2.45, 2.75) is 19.9 Å². The van der Waals surface area contributed by atoms with Crippen molar-refractivity contribution in [3.05, 3.63) is 47.5 Å². The minimum atomic E-state index is -0.255. The Bertz CT molecular complexity index is 440. The highest BCUT2D eigenvalue weighted by Gasteiger charge is 2.13. The predicted molar refractivity (Wildman–Crippen MR) is 71.2 cm³/mol. The fraction of sp³-hybridized carbons (Fsp3) is 0.400. The van der Waals surface area contributed by atoms with E-state index in [9.17, 15) is 4.79 Å². The number of hydrogen-bond donors (Lipinski definition) is 0. The first-order valence-electron chi connectivity index (χ1n) is 6.42. The number of ether oxygens (including phenoxy) is 1. The summed E-state index contributed by atoms with van der Waals surface area (Å²) in [4.78, 5) is 13.5. The Morgan fingerprint density at radius 3 is 2.94 bits per heavy atom. The minimum Gasteiger partial charge on any atom is -0.463 e. The van der Waals surface area contributed by atoms with Gasteiger partial charge < -0.3 is 4.74 Å². The van der Waals surface area contributed by atoms with E-state index in [0.717, 1.165) is 26.1 Å². The zero-order valence-corrected chi connectivity index (χ0v) is 10.8. The predicted octanol–water partition coefficient (Wildman–Crippen LogP) is 2.16. The lowest BCUT2D eigenvalue weighted by molar-refractivity contribution is -0.137. The summed E-state index contributed by atoms with van der Waals surface area (Å²) in [6, 6.07) is 8.55. The van der Waals surface area contributed by atoms with Gasteiger partial charge in [0.25, 0.3) is 0 Å². The molecule has 0 unspecified atom stereocenters. The van der Waals surface area contributed by atoms with Crippen LogP contribution in [0.15, 0.2) is 36.4 Å².